The van der Waals surface area contributed by atoms with Crippen molar-refractivity contribution >= 4 is 27.0 Å². The SMILES string of the molecule is Cc1cc(Br)cc2[nH]c(CC3CCCO3)nc12. The molecule has 0 spiro atoms. The fraction of sp³-hybridized carbons (Fsp3) is 0.462. The fourth-order valence-corrected chi connectivity index (χ4v) is 2.99. The van der Waals surface area contributed by atoms with Crippen LogP contribution in [-0.2, 0) is 11.2 Å². The van der Waals surface area contributed by atoms with Crippen LogP contribution in [-0.4, -0.2) is 22.7 Å². The molecule has 0 amide bonds. The summed E-state index contributed by atoms with van der Waals surface area (Å²) in [6, 6.07) is 4.17. The number of nitrogens with zero attached hydrogens (tertiary/aromatic N) is 1. The average molecular weight is 295 g/mol. The summed E-state index contributed by atoms with van der Waals surface area (Å²) in [6.07, 6.45) is 3.57. The molecule has 4 heteroatoms. The van der Waals surface area contributed by atoms with Gasteiger partial charge in [0.15, 0.2) is 0 Å². The second kappa shape index (κ2) is 4.42. The van der Waals surface area contributed by atoms with E-state index < -0.39 is 0 Å². The zero-order valence-electron chi connectivity index (χ0n) is 9.79. The van der Waals surface area contributed by atoms with Crippen molar-refractivity contribution in [2.24, 2.45) is 0 Å². The van der Waals surface area contributed by atoms with Gasteiger partial charge in [0, 0.05) is 17.5 Å². The number of nitrogens with one attached hydrogen (secondary N) is 1. The van der Waals surface area contributed by atoms with Crippen molar-refractivity contribution < 1.29 is 4.74 Å². The second-order valence-corrected chi connectivity index (χ2v) is 5.56. The van der Waals surface area contributed by atoms with E-state index in [2.05, 4.69) is 45.0 Å². The Balaban J connectivity index is 1.93. The fourth-order valence-electron chi connectivity index (χ4n) is 2.42. The van der Waals surface area contributed by atoms with Crippen LogP contribution in [0.1, 0.15) is 24.2 Å². The lowest BCUT2D eigenvalue weighted by atomic mass is 10.2. The van der Waals surface area contributed by atoms with Crippen LogP contribution in [0.15, 0.2) is 16.6 Å². The second-order valence-electron chi connectivity index (χ2n) is 4.64. The number of aromatic nitrogens is 2. The van der Waals surface area contributed by atoms with E-state index in [1.807, 2.05) is 0 Å². The first-order valence-corrected chi connectivity index (χ1v) is 6.78. The number of H-pyrrole nitrogens is 1. The van der Waals surface area contributed by atoms with E-state index in [1.54, 1.807) is 0 Å². The number of rotatable bonds is 2. The Kier molecular flexibility index (Phi) is 2.92. The minimum Gasteiger partial charge on any atom is -0.378 e. The van der Waals surface area contributed by atoms with Crippen molar-refractivity contribution in [2.75, 3.05) is 6.61 Å². The van der Waals surface area contributed by atoms with Gasteiger partial charge in [-0.25, -0.2) is 4.98 Å². The zero-order chi connectivity index (χ0) is 11.8. The Morgan fingerprint density at radius 2 is 2.41 bits per heavy atom. The molecular formula is C13H15BrN2O. The number of ether oxygens (including phenoxy) is 1. The molecular weight excluding hydrogens is 280 g/mol. The Morgan fingerprint density at radius 1 is 1.53 bits per heavy atom. The maximum atomic E-state index is 5.64. The Hall–Kier alpha value is -0.870. The molecule has 3 nitrogen and oxygen atoms in total. The molecule has 1 N–H and O–H groups in total. The van der Waals surface area contributed by atoms with E-state index in [9.17, 15) is 0 Å². The smallest absolute Gasteiger partial charge is 0.109 e. The Labute approximate surface area is 109 Å². The first-order chi connectivity index (χ1) is 8.22. The number of halogens is 1. The normalized spacial score (nSPS) is 20.2. The molecule has 0 saturated carbocycles. The van der Waals surface area contributed by atoms with Gasteiger partial charge in [-0.2, -0.15) is 0 Å². The van der Waals surface area contributed by atoms with Crippen LogP contribution in [0.3, 0.4) is 0 Å². The number of imidazole rings is 1. The van der Waals surface area contributed by atoms with Crippen LogP contribution in [0.4, 0.5) is 0 Å². The summed E-state index contributed by atoms with van der Waals surface area (Å²) in [4.78, 5) is 8.04. The predicted octanol–water partition coefficient (Wildman–Crippen LogP) is 3.36. The molecule has 1 aliphatic heterocycles. The minimum atomic E-state index is 0.347. The molecule has 17 heavy (non-hydrogen) atoms. The van der Waals surface area contributed by atoms with Crippen molar-refractivity contribution in [3.63, 3.8) is 0 Å². The van der Waals surface area contributed by atoms with Gasteiger partial charge in [0.2, 0.25) is 0 Å². The molecule has 3 rings (SSSR count). The summed E-state index contributed by atoms with van der Waals surface area (Å²) in [7, 11) is 0. The number of fused-ring (bicyclic) bond motifs is 1. The Morgan fingerprint density at radius 3 is 3.18 bits per heavy atom. The van der Waals surface area contributed by atoms with Crippen LogP contribution in [0.5, 0.6) is 0 Å². The highest BCUT2D eigenvalue weighted by molar-refractivity contribution is 9.10. The maximum Gasteiger partial charge on any atom is 0.109 e. The highest BCUT2D eigenvalue weighted by atomic mass is 79.9. The van der Waals surface area contributed by atoms with Gasteiger partial charge >= 0.3 is 0 Å². The van der Waals surface area contributed by atoms with Crippen molar-refractivity contribution in [3.8, 4) is 0 Å². The van der Waals surface area contributed by atoms with Crippen molar-refractivity contribution in [1.29, 1.82) is 0 Å². The number of aromatic amines is 1. The molecule has 1 aromatic heterocycles. The van der Waals surface area contributed by atoms with Crippen molar-refractivity contribution in [3.05, 3.63) is 28.0 Å². The van der Waals surface area contributed by atoms with Crippen LogP contribution in [0.2, 0.25) is 0 Å². The van der Waals surface area contributed by atoms with E-state index in [0.717, 1.165) is 40.8 Å². The highest BCUT2D eigenvalue weighted by Crippen LogP contribution is 2.23. The highest BCUT2D eigenvalue weighted by Gasteiger charge is 2.18. The van der Waals surface area contributed by atoms with E-state index in [0.29, 0.717) is 6.10 Å². The number of hydrogen-bond acceptors (Lipinski definition) is 2. The Bertz CT molecular complexity index is 544. The minimum absolute atomic E-state index is 0.347. The zero-order valence-corrected chi connectivity index (χ0v) is 11.4. The van der Waals surface area contributed by atoms with Gasteiger partial charge in [-0.1, -0.05) is 15.9 Å². The monoisotopic (exact) mass is 294 g/mol. The third-order valence-corrected chi connectivity index (χ3v) is 3.69. The topological polar surface area (TPSA) is 37.9 Å². The predicted molar refractivity (Wildman–Crippen MR) is 71.2 cm³/mol. The first-order valence-electron chi connectivity index (χ1n) is 5.99. The molecule has 0 radical (unpaired) electrons. The van der Waals surface area contributed by atoms with E-state index >= 15 is 0 Å². The van der Waals surface area contributed by atoms with E-state index in [1.165, 1.54) is 12.0 Å². The van der Waals surface area contributed by atoms with E-state index in [4.69, 9.17) is 4.74 Å². The molecule has 1 saturated heterocycles. The molecule has 1 aliphatic rings. The van der Waals surface area contributed by atoms with Gasteiger partial charge in [-0.05, 0) is 37.5 Å². The van der Waals surface area contributed by atoms with Gasteiger partial charge in [0.1, 0.15) is 5.82 Å². The molecule has 1 fully saturated rings. The van der Waals surface area contributed by atoms with Crippen LogP contribution in [0, 0.1) is 6.92 Å². The van der Waals surface area contributed by atoms with Crippen LogP contribution in [0.25, 0.3) is 11.0 Å². The number of hydrogen-bond donors (Lipinski definition) is 1. The molecule has 0 aliphatic carbocycles. The molecule has 2 aromatic rings. The van der Waals surface area contributed by atoms with Gasteiger partial charge in [0.25, 0.3) is 0 Å². The quantitative estimate of drug-likeness (QED) is 0.922. The lowest BCUT2D eigenvalue weighted by Gasteiger charge is -2.05. The molecule has 0 bridgehead atoms. The van der Waals surface area contributed by atoms with Gasteiger partial charge < -0.3 is 9.72 Å². The third kappa shape index (κ3) is 2.24. The van der Waals surface area contributed by atoms with Crippen LogP contribution >= 0.6 is 15.9 Å². The van der Waals surface area contributed by atoms with Gasteiger partial charge in [-0.3, -0.25) is 0 Å². The molecule has 90 valence electrons. The molecule has 1 atom stereocenters. The summed E-state index contributed by atoms with van der Waals surface area (Å²) in [5, 5.41) is 0. The summed E-state index contributed by atoms with van der Waals surface area (Å²) in [6.45, 7) is 2.99. The summed E-state index contributed by atoms with van der Waals surface area (Å²) < 4.78 is 6.73. The summed E-state index contributed by atoms with van der Waals surface area (Å²) in [5.41, 5.74) is 3.37. The van der Waals surface area contributed by atoms with Gasteiger partial charge in [-0.15, -0.1) is 0 Å². The van der Waals surface area contributed by atoms with E-state index in [-0.39, 0.29) is 0 Å². The number of benzene rings is 1. The molecule has 1 unspecified atom stereocenters. The summed E-state index contributed by atoms with van der Waals surface area (Å²) in [5.74, 6) is 1.04. The standard InChI is InChI=1S/C13H15BrN2O/c1-8-5-9(14)6-11-13(8)16-12(15-11)7-10-3-2-4-17-10/h5-6,10H,2-4,7H2,1H3,(H,15,16). The van der Waals surface area contributed by atoms with Crippen molar-refractivity contribution in [1.82, 2.24) is 9.97 Å². The third-order valence-electron chi connectivity index (χ3n) is 3.24. The lowest BCUT2D eigenvalue weighted by Crippen LogP contribution is -2.09. The lowest BCUT2D eigenvalue weighted by molar-refractivity contribution is 0.110. The summed E-state index contributed by atoms with van der Waals surface area (Å²) >= 11 is 3.51. The molecule has 1 aromatic carbocycles. The van der Waals surface area contributed by atoms with Gasteiger partial charge in [0.05, 0.1) is 17.1 Å². The average Bonchev–Trinajstić information content (AvgIpc) is 2.87. The van der Waals surface area contributed by atoms with Crippen LogP contribution < -0.4 is 0 Å². The number of aryl methyl sites for hydroxylation is 1. The maximum absolute atomic E-state index is 5.64. The largest absolute Gasteiger partial charge is 0.378 e. The van der Waals surface area contributed by atoms with Crippen molar-refractivity contribution in [2.45, 2.75) is 32.3 Å². The molecule has 2 heterocycles. The first kappa shape index (κ1) is 11.2.